The summed E-state index contributed by atoms with van der Waals surface area (Å²) in [6, 6.07) is 7.55. The first-order valence-electron chi connectivity index (χ1n) is 10.7. The molecule has 0 atom stereocenters. The molecule has 4 aromatic rings. The van der Waals surface area contributed by atoms with E-state index in [1.165, 1.54) is 18.4 Å². The molecule has 0 aromatic carbocycles. The fourth-order valence-corrected chi connectivity index (χ4v) is 3.89. The van der Waals surface area contributed by atoms with Crippen LogP contribution in [0.5, 0.6) is 6.01 Å². The Kier molecular flexibility index (Phi) is 9.18. The van der Waals surface area contributed by atoms with Crippen LogP contribution in [-0.4, -0.2) is 57.7 Å². The standard InChI is InChI=1S/C19H17N7O2S.C4H10O/c1-28-19-23-9-6-11(24-19)5-8-22-17(27)12-10-29-18-14(12)15(20)25-16(26-18)13-4-2-3-7-21-13;1-3-5-4-2/h2-4,6-7,9-10H,5,8H2,1H3,(H,22,27)(H2,20,25,26);3-4H2,1-2H3. The summed E-state index contributed by atoms with van der Waals surface area (Å²) >= 11 is 1.34. The number of pyridine rings is 1. The Morgan fingerprint density at radius 1 is 1.09 bits per heavy atom. The molecule has 0 saturated heterocycles. The maximum atomic E-state index is 12.7. The largest absolute Gasteiger partial charge is 0.467 e. The SMILES string of the molecule is CCOCC.COc1nccc(CCNC(=O)c2csc3nc(-c4ccccn4)nc(N)c23)n1. The minimum atomic E-state index is -0.238. The number of rotatable bonds is 8. The summed E-state index contributed by atoms with van der Waals surface area (Å²) in [7, 11) is 1.51. The van der Waals surface area contributed by atoms with Crippen LogP contribution in [0.15, 0.2) is 42.0 Å². The zero-order valence-electron chi connectivity index (χ0n) is 19.3. The van der Waals surface area contributed by atoms with E-state index in [2.05, 4.69) is 30.2 Å². The average molecular weight is 482 g/mol. The summed E-state index contributed by atoms with van der Waals surface area (Å²) < 4.78 is 9.84. The normalized spacial score (nSPS) is 10.4. The lowest BCUT2D eigenvalue weighted by molar-refractivity contribution is 0.0956. The van der Waals surface area contributed by atoms with E-state index in [0.717, 1.165) is 18.9 Å². The van der Waals surface area contributed by atoms with E-state index < -0.39 is 0 Å². The van der Waals surface area contributed by atoms with Gasteiger partial charge in [0.15, 0.2) is 5.82 Å². The summed E-state index contributed by atoms with van der Waals surface area (Å²) in [6.07, 6.45) is 3.83. The van der Waals surface area contributed by atoms with Crippen LogP contribution in [0.4, 0.5) is 5.82 Å². The van der Waals surface area contributed by atoms with Crippen molar-refractivity contribution >= 4 is 33.3 Å². The molecule has 178 valence electrons. The summed E-state index contributed by atoms with van der Waals surface area (Å²) in [6.45, 7) is 6.07. The van der Waals surface area contributed by atoms with Gasteiger partial charge in [-0.3, -0.25) is 9.78 Å². The molecular formula is C23H27N7O3S. The van der Waals surface area contributed by atoms with E-state index in [4.69, 9.17) is 15.2 Å². The Balaban J connectivity index is 0.000000588. The van der Waals surface area contributed by atoms with Crippen LogP contribution in [0, 0.1) is 0 Å². The van der Waals surface area contributed by atoms with Crippen molar-refractivity contribution in [1.29, 1.82) is 0 Å². The van der Waals surface area contributed by atoms with Crippen LogP contribution in [0.1, 0.15) is 29.9 Å². The lowest BCUT2D eigenvalue weighted by Gasteiger charge is -2.06. The number of methoxy groups -OCH3 is 1. The third-order valence-corrected chi connectivity index (χ3v) is 5.42. The molecule has 0 aliphatic rings. The number of aromatic nitrogens is 5. The highest BCUT2D eigenvalue weighted by atomic mass is 32.1. The van der Waals surface area contributed by atoms with Gasteiger partial charge in [-0.15, -0.1) is 11.3 Å². The second-order valence-electron chi connectivity index (χ2n) is 6.80. The Labute approximate surface area is 201 Å². The molecule has 4 rings (SSSR count). The summed E-state index contributed by atoms with van der Waals surface area (Å²) in [5.74, 6) is 0.447. The molecular weight excluding hydrogens is 454 g/mol. The van der Waals surface area contributed by atoms with Gasteiger partial charge in [0.2, 0.25) is 0 Å². The number of nitrogens with two attached hydrogens (primary N) is 1. The maximum absolute atomic E-state index is 12.7. The number of amides is 1. The quantitative estimate of drug-likeness (QED) is 0.388. The highest BCUT2D eigenvalue weighted by Crippen LogP contribution is 2.30. The van der Waals surface area contributed by atoms with Gasteiger partial charge < -0.3 is 20.5 Å². The lowest BCUT2D eigenvalue weighted by Crippen LogP contribution is -2.25. The van der Waals surface area contributed by atoms with Crippen molar-refractivity contribution in [3.8, 4) is 17.5 Å². The van der Waals surface area contributed by atoms with Crippen LogP contribution in [0.25, 0.3) is 21.7 Å². The van der Waals surface area contributed by atoms with Crippen molar-refractivity contribution < 1.29 is 14.3 Å². The molecule has 0 saturated carbocycles. The Hall–Kier alpha value is -3.70. The maximum Gasteiger partial charge on any atom is 0.316 e. The Morgan fingerprint density at radius 2 is 1.91 bits per heavy atom. The van der Waals surface area contributed by atoms with Gasteiger partial charge in [-0.05, 0) is 32.0 Å². The fraction of sp³-hybridized carbons (Fsp3) is 0.304. The Bertz CT molecular complexity index is 1220. The van der Waals surface area contributed by atoms with Crippen molar-refractivity contribution in [3.63, 3.8) is 0 Å². The second-order valence-corrected chi connectivity index (χ2v) is 7.66. The molecule has 1 amide bonds. The fourth-order valence-electron chi connectivity index (χ4n) is 2.96. The smallest absolute Gasteiger partial charge is 0.316 e. The van der Waals surface area contributed by atoms with Crippen LogP contribution in [-0.2, 0) is 11.2 Å². The zero-order valence-corrected chi connectivity index (χ0v) is 20.1. The van der Waals surface area contributed by atoms with Gasteiger partial charge in [-0.2, -0.15) is 0 Å². The average Bonchev–Trinajstić information content (AvgIpc) is 3.30. The van der Waals surface area contributed by atoms with E-state index >= 15 is 0 Å². The summed E-state index contributed by atoms with van der Waals surface area (Å²) in [5, 5.41) is 5.17. The van der Waals surface area contributed by atoms with Crippen molar-refractivity contribution in [2.75, 3.05) is 32.6 Å². The van der Waals surface area contributed by atoms with Crippen molar-refractivity contribution in [1.82, 2.24) is 30.2 Å². The molecule has 0 aliphatic carbocycles. The predicted molar refractivity (Wildman–Crippen MR) is 132 cm³/mol. The molecule has 4 aromatic heterocycles. The topological polar surface area (TPSA) is 138 Å². The number of hydrogen-bond acceptors (Lipinski definition) is 10. The molecule has 0 aliphatic heterocycles. The molecule has 11 heteroatoms. The third-order valence-electron chi connectivity index (χ3n) is 4.55. The number of carbonyl (C=O) groups excluding carboxylic acids is 1. The van der Waals surface area contributed by atoms with Gasteiger partial charge in [-0.25, -0.2) is 19.9 Å². The van der Waals surface area contributed by atoms with Crippen LogP contribution in [0.3, 0.4) is 0 Å². The molecule has 4 heterocycles. The minimum absolute atomic E-state index is 0.238. The van der Waals surface area contributed by atoms with Gasteiger partial charge in [0.1, 0.15) is 16.3 Å². The van der Waals surface area contributed by atoms with Gasteiger partial charge >= 0.3 is 6.01 Å². The van der Waals surface area contributed by atoms with Crippen LogP contribution >= 0.6 is 11.3 Å². The molecule has 0 bridgehead atoms. The molecule has 0 unspecified atom stereocenters. The van der Waals surface area contributed by atoms with E-state index in [0.29, 0.717) is 46.3 Å². The minimum Gasteiger partial charge on any atom is -0.467 e. The summed E-state index contributed by atoms with van der Waals surface area (Å²) in [5.41, 5.74) is 8.00. The third kappa shape index (κ3) is 6.42. The lowest BCUT2D eigenvalue weighted by atomic mass is 10.2. The number of anilines is 1. The van der Waals surface area contributed by atoms with Gasteiger partial charge in [-0.1, -0.05) is 6.07 Å². The molecule has 10 nitrogen and oxygen atoms in total. The number of fused-ring (bicyclic) bond motifs is 1. The van der Waals surface area contributed by atoms with Gasteiger partial charge in [0, 0.05) is 49.6 Å². The predicted octanol–water partition coefficient (Wildman–Crippen LogP) is 3.15. The number of ether oxygens (including phenoxy) is 2. The molecule has 0 radical (unpaired) electrons. The number of carbonyl (C=O) groups is 1. The highest BCUT2D eigenvalue weighted by molar-refractivity contribution is 7.17. The number of hydrogen-bond donors (Lipinski definition) is 2. The molecule has 0 fully saturated rings. The molecule has 34 heavy (non-hydrogen) atoms. The van der Waals surface area contributed by atoms with E-state index in [9.17, 15) is 4.79 Å². The highest BCUT2D eigenvalue weighted by Gasteiger charge is 2.18. The number of nitrogens with one attached hydrogen (secondary N) is 1. The number of thiophene rings is 1. The molecule has 3 N–H and O–H groups in total. The van der Waals surface area contributed by atoms with Crippen molar-refractivity contribution in [3.05, 3.63) is 53.3 Å². The van der Waals surface area contributed by atoms with Crippen molar-refractivity contribution in [2.45, 2.75) is 20.3 Å². The first-order valence-corrected chi connectivity index (χ1v) is 11.6. The van der Waals surface area contributed by atoms with E-state index in [1.807, 2.05) is 32.0 Å². The van der Waals surface area contributed by atoms with Gasteiger partial charge in [0.25, 0.3) is 5.91 Å². The van der Waals surface area contributed by atoms with E-state index in [-0.39, 0.29) is 11.7 Å². The molecule has 0 spiro atoms. The van der Waals surface area contributed by atoms with Gasteiger partial charge in [0.05, 0.1) is 18.1 Å². The number of nitrogen functional groups attached to an aromatic ring is 1. The Morgan fingerprint density at radius 3 is 2.59 bits per heavy atom. The van der Waals surface area contributed by atoms with Crippen LogP contribution in [0.2, 0.25) is 0 Å². The second kappa shape index (κ2) is 12.5. The van der Waals surface area contributed by atoms with Crippen molar-refractivity contribution in [2.24, 2.45) is 0 Å². The van der Waals surface area contributed by atoms with Crippen LogP contribution < -0.4 is 15.8 Å². The van der Waals surface area contributed by atoms with E-state index in [1.54, 1.807) is 23.8 Å². The first-order chi connectivity index (χ1) is 16.6. The zero-order chi connectivity index (χ0) is 24.3. The number of nitrogens with zero attached hydrogens (tertiary/aromatic N) is 5. The summed E-state index contributed by atoms with van der Waals surface area (Å²) in [4.78, 5) is 34.6. The monoisotopic (exact) mass is 481 g/mol. The first kappa shape index (κ1) is 24.9.